The zero-order chi connectivity index (χ0) is 16.2. The highest BCUT2D eigenvalue weighted by Crippen LogP contribution is 2.16. The van der Waals surface area contributed by atoms with Crippen LogP contribution < -0.4 is 5.32 Å². The number of rotatable bonds is 6. The van der Waals surface area contributed by atoms with E-state index in [1.54, 1.807) is 35.4 Å². The number of nitrogens with zero attached hydrogens (tertiary/aromatic N) is 4. The van der Waals surface area contributed by atoms with Crippen molar-refractivity contribution in [3.63, 3.8) is 0 Å². The zero-order valence-electron chi connectivity index (χ0n) is 12.7. The summed E-state index contributed by atoms with van der Waals surface area (Å²) >= 11 is 7.02. The number of imidazole rings is 1. The summed E-state index contributed by atoms with van der Waals surface area (Å²) in [6.07, 6.45) is 9.82. The number of hydrogen-bond donors (Lipinski definition) is 1. The topological polar surface area (TPSA) is 63.1 Å². The third-order valence-electron chi connectivity index (χ3n) is 3.64. The largest absolute Gasteiger partial charge is 0.350 e. The second-order valence-electron chi connectivity index (χ2n) is 5.20. The molecule has 0 unspecified atom stereocenters. The van der Waals surface area contributed by atoms with Crippen LogP contribution in [0.25, 0.3) is 5.82 Å². The molecule has 2 aromatic heterocycles. The number of thiocarbonyl (C=S) groups is 1. The summed E-state index contributed by atoms with van der Waals surface area (Å²) in [5, 5.41) is 3.60. The molecule has 0 aliphatic carbocycles. The molecule has 0 saturated carbocycles. The predicted octanol–water partition coefficient (Wildman–Crippen LogP) is 1.61. The second-order valence-corrected chi connectivity index (χ2v) is 6.57. The van der Waals surface area contributed by atoms with Gasteiger partial charge in [-0.2, -0.15) is 11.8 Å². The molecule has 0 radical (unpaired) electrons. The summed E-state index contributed by atoms with van der Waals surface area (Å²) in [7, 11) is 0. The third kappa shape index (κ3) is 3.53. The fraction of sp³-hybridized carbons (Fsp3) is 0.333. The lowest BCUT2D eigenvalue weighted by Gasteiger charge is -2.15. The SMILES string of the molecule is CSCC[C@H]1NC(=S)N(Cc2ccc(-n3ccnc3)nc2)C1=O. The average Bonchev–Trinajstić information content (AvgIpc) is 3.18. The Kier molecular flexibility index (Phi) is 4.92. The van der Waals surface area contributed by atoms with Crippen LogP contribution in [0.1, 0.15) is 12.0 Å². The Morgan fingerprint density at radius 2 is 2.30 bits per heavy atom. The maximum Gasteiger partial charge on any atom is 0.251 e. The van der Waals surface area contributed by atoms with E-state index in [4.69, 9.17) is 12.2 Å². The maximum absolute atomic E-state index is 12.4. The minimum absolute atomic E-state index is 0.0442. The molecule has 0 bridgehead atoms. The molecule has 3 rings (SSSR count). The van der Waals surface area contributed by atoms with Crippen LogP contribution in [0.15, 0.2) is 37.1 Å². The first-order chi connectivity index (χ1) is 11.2. The van der Waals surface area contributed by atoms with E-state index < -0.39 is 0 Å². The number of hydrogen-bond acceptors (Lipinski definition) is 5. The summed E-state index contributed by atoms with van der Waals surface area (Å²) in [4.78, 5) is 22.4. The van der Waals surface area contributed by atoms with Gasteiger partial charge in [-0.1, -0.05) is 6.07 Å². The van der Waals surface area contributed by atoms with Gasteiger partial charge in [-0.3, -0.25) is 14.3 Å². The van der Waals surface area contributed by atoms with Crippen LogP contribution in [-0.4, -0.2) is 48.5 Å². The van der Waals surface area contributed by atoms with E-state index in [1.165, 1.54) is 0 Å². The van der Waals surface area contributed by atoms with Crippen molar-refractivity contribution in [1.29, 1.82) is 0 Å². The van der Waals surface area contributed by atoms with Crippen LogP contribution in [0.3, 0.4) is 0 Å². The molecule has 23 heavy (non-hydrogen) atoms. The van der Waals surface area contributed by atoms with Crippen molar-refractivity contribution in [2.24, 2.45) is 0 Å². The Labute approximate surface area is 144 Å². The molecule has 1 amide bonds. The Morgan fingerprint density at radius 3 is 2.96 bits per heavy atom. The van der Waals surface area contributed by atoms with Gasteiger partial charge < -0.3 is 5.32 Å². The molecule has 1 aliphatic rings. The van der Waals surface area contributed by atoms with E-state index in [0.717, 1.165) is 23.6 Å². The fourth-order valence-corrected chi connectivity index (χ4v) is 3.17. The molecule has 1 aliphatic heterocycles. The van der Waals surface area contributed by atoms with Crippen molar-refractivity contribution < 1.29 is 4.79 Å². The Morgan fingerprint density at radius 1 is 1.43 bits per heavy atom. The number of aromatic nitrogens is 3. The van der Waals surface area contributed by atoms with Crippen molar-refractivity contribution in [3.05, 3.63) is 42.6 Å². The molecule has 1 N–H and O–H groups in total. The van der Waals surface area contributed by atoms with E-state index in [1.807, 2.05) is 29.2 Å². The maximum atomic E-state index is 12.4. The quantitative estimate of drug-likeness (QED) is 0.801. The van der Waals surface area contributed by atoms with Crippen LogP contribution >= 0.6 is 24.0 Å². The van der Waals surface area contributed by atoms with E-state index in [0.29, 0.717) is 11.7 Å². The van der Waals surface area contributed by atoms with Crippen molar-refractivity contribution in [2.45, 2.75) is 19.0 Å². The smallest absolute Gasteiger partial charge is 0.251 e. The summed E-state index contributed by atoms with van der Waals surface area (Å²) in [5.74, 6) is 1.77. The van der Waals surface area contributed by atoms with Gasteiger partial charge in [-0.15, -0.1) is 0 Å². The van der Waals surface area contributed by atoms with Crippen molar-refractivity contribution >= 4 is 35.0 Å². The Balaban J connectivity index is 1.67. The summed E-state index contributed by atoms with van der Waals surface area (Å²) in [6.45, 7) is 0.442. The monoisotopic (exact) mass is 347 g/mol. The van der Waals surface area contributed by atoms with Gasteiger partial charge in [0.05, 0.1) is 6.54 Å². The number of carbonyl (C=O) groups is 1. The van der Waals surface area contributed by atoms with E-state index in [2.05, 4.69) is 15.3 Å². The van der Waals surface area contributed by atoms with Gasteiger partial charge in [-0.05, 0) is 42.3 Å². The lowest BCUT2D eigenvalue weighted by molar-refractivity contribution is -0.127. The lowest BCUT2D eigenvalue weighted by Crippen LogP contribution is -2.31. The van der Waals surface area contributed by atoms with Gasteiger partial charge in [0, 0.05) is 18.6 Å². The van der Waals surface area contributed by atoms with Gasteiger partial charge in [0.15, 0.2) is 5.11 Å². The summed E-state index contributed by atoms with van der Waals surface area (Å²) in [5.41, 5.74) is 0.942. The van der Waals surface area contributed by atoms with Crippen LogP contribution in [0.4, 0.5) is 0 Å². The van der Waals surface area contributed by atoms with Crippen LogP contribution in [-0.2, 0) is 11.3 Å². The molecule has 120 valence electrons. The molecule has 0 aromatic carbocycles. The highest BCUT2D eigenvalue weighted by atomic mass is 32.2. The highest BCUT2D eigenvalue weighted by Gasteiger charge is 2.34. The van der Waals surface area contributed by atoms with Crippen LogP contribution in [0, 0.1) is 0 Å². The Bertz CT molecular complexity index is 686. The van der Waals surface area contributed by atoms with Gasteiger partial charge in [0.2, 0.25) is 0 Å². The summed E-state index contributed by atoms with van der Waals surface area (Å²) < 4.78 is 1.83. The van der Waals surface area contributed by atoms with E-state index >= 15 is 0 Å². The number of nitrogens with one attached hydrogen (secondary N) is 1. The first-order valence-corrected chi connectivity index (χ1v) is 9.03. The molecule has 3 heterocycles. The van der Waals surface area contributed by atoms with Crippen LogP contribution in [0.2, 0.25) is 0 Å². The van der Waals surface area contributed by atoms with Gasteiger partial charge >= 0.3 is 0 Å². The van der Waals surface area contributed by atoms with Gasteiger partial charge in [-0.25, -0.2) is 9.97 Å². The van der Waals surface area contributed by atoms with Crippen molar-refractivity contribution in [2.75, 3.05) is 12.0 Å². The standard InChI is InChI=1S/C15H17N5OS2/c1-23-7-4-12-14(21)20(15(22)18-12)9-11-2-3-13(17-8-11)19-6-5-16-10-19/h2-3,5-6,8,10,12H,4,7,9H2,1H3,(H,18,22)/t12-/m1/s1. The molecule has 1 saturated heterocycles. The molecule has 0 spiro atoms. The molecule has 1 atom stereocenters. The second kappa shape index (κ2) is 7.10. The number of amides is 1. The minimum Gasteiger partial charge on any atom is -0.350 e. The number of pyridine rings is 1. The normalized spacial score (nSPS) is 17.6. The Hall–Kier alpha value is -1.93. The molecular weight excluding hydrogens is 330 g/mol. The molecule has 8 heteroatoms. The van der Waals surface area contributed by atoms with E-state index in [-0.39, 0.29) is 11.9 Å². The first-order valence-electron chi connectivity index (χ1n) is 7.23. The minimum atomic E-state index is -0.201. The highest BCUT2D eigenvalue weighted by molar-refractivity contribution is 7.98. The lowest BCUT2D eigenvalue weighted by atomic mass is 10.2. The molecular formula is C15H17N5OS2. The molecule has 2 aromatic rings. The van der Waals surface area contributed by atoms with E-state index in [9.17, 15) is 4.79 Å². The third-order valence-corrected chi connectivity index (χ3v) is 4.62. The van der Waals surface area contributed by atoms with Crippen molar-refractivity contribution in [3.8, 4) is 5.82 Å². The zero-order valence-corrected chi connectivity index (χ0v) is 14.3. The number of carbonyl (C=O) groups excluding carboxylic acids is 1. The van der Waals surface area contributed by atoms with Gasteiger partial charge in [0.1, 0.15) is 18.2 Å². The average molecular weight is 347 g/mol. The van der Waals surface area contributed by atoms with Crippen molar-refractivity contribution in [1.82, 2.24) is 24.8 Å². The fourth-order valence-electron chi connectivity index (χ4n) is 2.40. The predicted molar refractivity (Wildman–Crippen MR) is 94.4 cm³/mol. The first kappa shape index (κ1) is 15.9. The summed E-state index contributed by atoms with van der Waals surface area (Å²) in [6, 6.07) is 3.65. The molecule has 6 nitrogen and oxygen atoms in total. The number of thioether (sulfide) groups is 1. The van der Waals surface area contributed by atoms with Crippen LogP contribution in [0.5, 0.6) is 0 Å². The molecule has 1 fully saturated rings. The van der Waals surface area contributed by atoms with Gasteiger partial charge in [0.25, 0.3) is 5.91 Å².